The Morgan fingerprint density at radius 1 is 1.13 bits per heavy atom. The lowest BCUT2D eigenvalue weighted by Crippen LogP contribution is -2.46. The molecule has 1 amide bonds. The van der Waals surface area contributed by atoms with Crippen LogP contribution >= 0.6 is 12.6 Å². The molecule has 1 aliphatic heterocycles. The van der Waals surface area contributed by atoms with Gasteiger partial charge < -0.3 is 15.4 Å². The Hall–Kier alpha value is -3.17. The quantitative estimate of drug-likeness (QED) is 0.255. The molecule has 0 bridgehead atoms. The fourth-order valence-corrected chi connectivity index (χ4v) is 3.46. The molecule has 5 nitrogen and oxygen atoms in total. The number of rotatable bonds is 5. The van der Waals surface area contributed by atoms with Crippen molar-refractivity contribution < 1.29 is 18.0 Å². The van der Waals surface area contributed by atoms with Crippen molar-refractivity contribution >= 4 is 42.4 Å². The number of carbonyl (C=O) groups excluding carboxylic acids is 1. The molecule has 2 aliphatic rings. The molecule has 0 aromatic heterocycles. The second-order valence-corrected chi connectivity index (χ2v) is 7.30. The molecule has 2 aromatic carbocycles. The monoisotopic (exact) mass is 437 g/mol. The number of nitrogens with one attached hydrogen (secondary N) is 1. The highest BCUT2D eigenvalue weighted by atomic mass is 32.1. The number of carbonyl (C=O) groups is 1. The van der Waals surface area contributed by atoms with Gasteiger partial charge >= 0.3 is 0 Å². The average molecular weight is 437 g/mol. The van der Waals surface area contributed by atoms with Crippen molar-refractivity contribution in [2.75, 3.05) is 5.75 Å². The van der Waals surface area contributed by atoms with E-state index in [1.807, 2.05) is 6.07 Å². The van der Waals surface area contributed by atoms with E-state index in [2.05, 4.69) is 17.9 Å². The molecular weight excluding hydrogens is 421 g/mol. The van der Waals surface area contributed by atoms with E-state index in [9.17, 15) is 18.4 Å². The first-order valence-electron chi connectivity index (χ1n) is 9.34. The van der Waals surface area contributed by atoms with E-state index >= 15 is 0 Å². The predicted octanol–water partition coefficient (Wildman–Crippen LogP) is 2.46. The molecule has 0 saturated carbocycles. The van der Waals surface area contributed by atoms with Crippen LogP contribution in [0.3, 0.4) is 0 Å². The summed E-state index contributed by atoms with van der Waals surface area (Å²) < 4.78 is 34.8. The van der Waals surface area contributed by atoms with Gasteiger partial charge in [-0.2, -0.15) is 12.6 Å². The smallest absolute Gasteiger partial charge is 0.288 e. The molecule has 0 saturated heterocycles. The summed E-state index contributed by atoms with van der Waals surface area (Å²) >= 11 is 3.96. The topological polar surface area (TPSA) is 85.3 Å². The molecule has 1 aliphatic carbocycles. The minimum Gasteiger partial charge on any atom is -0.456 e. The predicted molar refractivity (Wildman–Crippen MR) is 120 cm³/mol. The van der Waals surface area contributed by atoms with Crippen LogP contribution < -0.4 is 21.9 Å². The Bertz CT molecular complexity index is 1310. The molecule has 9 heteroatoms. The molecule has 3 N–H and O–H groups in total. The molecule has 1 unspecified atom stereocenters. The lowest BCUT2D eigenvalue weighted by atomic mass is 9.80. The zero-order valence-electron chi connectivity index (χ0n) is 16.1. The van der Waals surface area contributed by atoms with Crippen LogP contribution in [0.2, 0.25) is 0 Å². The molecule has 0 spiro atoms. The third-order valence-corrected chi connectivity index (χ3v) is 5.25. The third-order valence-electron chi connectivity index (χ3n) is 4.86. The molecule has 0 fully saturated rings. The van der Waals surface area contributed by atoms with Crippen molar-refractivity contribution in [3.8, 4) is 22.5 Å². The molecule has 1 heterocycles. The maximum atomic E-state index is 14.9. The van der Waals surface area contributed by atoms with Gasteiger partial charge in [0.15, 0.2) is 5.82 Å². The van der Waals surface area contributed by atoms with Crippen molar-refractivity contribution in [1.29, 1.82) is 0 Å². The first-order chi connectivity index (χ1) is 14.9. The Morgan fingerprint density at radius 3 is 2.58 bits per heavy atom. The first-order valence-corrected chi connectivity index (χ1v) is 9.97. The standard InChI is InChI=1S/C22H16BF2N2O3S/c24-15-6-12-19(8-14(15)23-27-22(29)17(26)10-31)30-20-9-18(28)16(25)7-13(20)21(12)11-4-2-1-3-5-11/h1-9,17,31H,10,26H2,(H,27,29). The summed E-state index contributed by atoms with van der Waals surface area (Å²) in [5.74, 6) is -1.76. The fourth-order valence-electron chi connectivity index (χ4n) is 3.29. The second kappa shape index (κ2) is 8.53. The highest BCUT2D eigenvalue weighted by Gasteiger charge is 2.21. The zero-order valence-corrected chi connectivity index (χ0v) is 17.0. The van der Waals surface area contributed by atoms with E-state index in [1.165, 1.54) is 19.5 Å². The van der Waals surface area contributed by atoms with Crippen LogP contribution in [0.25, 0.3) is 33.4 Å². The molecular formula is C22H16BF2N2O3S. The van der Waals surface area contributed by atoms with Crippen molar-refractivity contribution in [2.24, 2.45) is 5.73 Å². The Labute approximate surface area is 182 Å². The number of nitrogens with two attached hydrogens (primary N) is 1. The van der Waals surface area contributed by atoms with Gasteiger partial charge in [-0.25, -0.2) is 8.78 Å². The number of thiol groups is 1. The lowest BCUT2D eigenvalue weighted by Gasteiger charge is -2.16. The largest absolute Gasteiger partial charge is 0.456 e. The van der Waals surface area contributed by atoms with E-state index < -0.39 is 29.0 Å². The van der Waals surface area contributed by atoms with E-state index in [0.717, 1.165) is 12.1 Å². The lowest BCUT2D eigenvalue weighted by molar-refractivity contribution is -0.120. The van der Waals surface area contributed by atoms with Gasteiger partial charge in [-0.05, 0) is 29.2 Å². The Kier molecular flexibility index (Phi) is 5.80. The van der Waals surface area contributed by atoms with Gasteiger partial charge in [0.1, 0.15) is 17.2 Å². The number of amides is 1. The maximum absolute atomic E-state index is 14.9. The van der Waals surface area contributed by atoms with Crippen LogP contribution in [0.5, 0.6) is 0 Å². The second-order valence-electron chi connectivity index (χ2n) is 6.93. The van der Waals surface area contributed by atoms with Crippen molar-refractivity contribution in [3.05, 3.63) is 76.5 Å². The van der Waals surface area contributed by atoms with Gasteiger partial charge in [-0.3, -0.25) is 9.59 Å². The summed E-state index contributed by atoms with van der Waals surface area (Å²) in [6.45, 7) is 0. The summed E-state index contributed by atoms with van der Waals surface area (Å²) in [5.41, 5.74) is 6.69. The van der Waals surface area contributed by atoms with E-state index in [4.69, 9.17) is 10.2 Å². The van der Waals surface area contributed by atoms with Crippen molar-refractivity contribution in [2.45, 2.75) is 6.04 Å². The number of fused-ring (bicyclic) bond motifs is 2. The molecule has 155 valence electrons. The van der Waals surface area contributed by atoms with Gasteiger partial charge in [0, 0.05) is 28.3 Å². The molecule has 1 radical (unpaired) electrons. The summed E-state index contributed by atoms with van der Waals surface area (Å²) in [6, 6.07) is 13.0. The number of hydrogen-bond acceptors (Lipinski definition) is 5. The molecule has 4 rings (SSSR count). The fraction of sp³-hybridized carbons (Fsp3) is 0.0909. The highest BCUT2D eigenvalue weighted by Crippen LogP contribution is 2.39. The molecule has 31 heavy (non-hydrogen) atoms. The van der Waals surface area contributed by atoms with Gasteiger partial charge in [-0.15, -0.1) is 0 Å². The maximum Gasteiger partial charge on any atom is 0.288 e. The highest BCUT2D eigenvalue weighted by molar-refractivity contribution is 7.80. The summed E-state index contributed by atoms with van der Waals surface area (Å²) in [5, 5.41) is 2.83. The van der Waals surface area contributed by atoms with E-state index in [-0.39, 0.29) is 22.6 Å². The number of hydrogen-bond donors (Lipinski definition) is 3. The Balaban J connectivity index is 1.91. The van der Waals surface area contributed by atoms with Crippen LogP contribution in [-0.4, -0.2) is 25.1 Å². The Morgan fingerprint density at radius 2 is 1.87 bits per heavy atom. The van der Waals surface area contributed by atoms with Crippen molar-refractivity contribution in [3.63, 3.8) is 0 Å². The van der Waals surface area contributed by atoms with Gasteiger partial charge in [-0.1, -0.05) is 30.3 Å². The van der Waals surface area contributed by atoms with E-state index in [1.54, 1.807) is 24.3 Å². The SMILES string of the molecule is NC(CS)C(=O)N[B]c1cc2oc3cc(=O)c(F)cc-3c(-c3ccccc3)c2cc1F. The third kappa shape index (κ3) is 4.06. The van der Waals surface area contributed by atoms with Gasteiger partial charge in [0.25, 0.3) is 7.41 Å². The molecule has 2 aromatic rings. The van der Waals surface area contributed by atoms with Gasteiger partial charge in [0.2, 0.25) is 11.3 Å². The first kappa shape index (κ1) is 21.1. The molecule has 1 atom stereocenters. The van der Waals surface area contributed by atoms with Crippen LogP contribution in [-0.2, 0) is 4.79 Å². The van der Waals surface area contributed by atoms with Crippen LogP contribution in [0, 0.1) is 11.6 Å². The van der Waals surface area contributed by atoms with Crippen LogP contribution in [0.4, 0.5) is 8.78 Å². The minimum atomic E-state index is -0.923. The normalized spacial score (nSPS) is 12.1. The average Bonchev–Trinajstić information content (AvgIpc) is 2.77. The summed E-state index contributed by atoms with van der Waals surface area (Å²) in [4.78, 5) is 23.7. The number of halogens is 2. The van der Waals surface area contributed by atoms with Crippen LogP contribution in [0.15, 0.2) is 63.8 Å². The van der Waals surface area contributed by atoms with E-state index in [0.29, 0.717) is 22.1 Å². The summed E-state index contributed by atoms with van der Waals surface area (Å²) in [6.07, 6.45) is 0. The summed E-state index contributed by atoms with van der Waals surface area (Å²) in [7, 11) is 1.19. The van der Waals surface area contributed by atoms with Crippen molar-refractivity contribution in [1.82, 2.24) is 5.23 Å². The zero-order chi connectivity index (χ0) is 22.1. The van der Waals surface area contributed by atoms with Gasteiger partial charge in [0.05, 0.1) is 6.04 Å². The minimum absolute atomic E-state index is 0.0544. The van der Waals surface area contributed by atoms with Crippen LogP contribution in [0.1, 0.15) is 0 Å². The number of benzene rings is 3.